The standard InChI is InChI=1S/C15H22O10/c16-4-6-3-8(18)15(22)1-2-23-13(9(6)15)25-14-12(21)11(20)10(19)7(5-17)24-14/h1-3,7-14,16-22H,4-5H2/t7-,8+,9+,10-,11+,12-,13+,14+,15-/m1/s1. The summed E-state index contributed by atoms with van der Waals surface area (Å²) in [5.74, 6) is -0.982. The minimum atomic E-state index is -1.77. The van der Waals surface area contributed by atoms with Crippen molar-refractivity contribution in [2.75, 3.05) is 13.2 Å². The van der Waals surface area contributed by atoms with Crippen molar-refractivity contribution >= 4 is 0 Å². The number of aliphatic hydroxyl groups is 7. The van der Waals surface area contributed by atoms with Crippen molar-refractivity contribution in [3.8, 4) is 0 Å². The Kier molecular flexibility index (Phi) is 5.17. The molecule has 2 aliphatic heterocycles. The topological polar surface area (TPSA) is 169 Å². The number of hydrogen-bond donors (Lipinski definition) is 7. The first kappa shape index (κ1) is 18.7. The molecule has 1 aliphatic carbocycles. The molecule has 0 aromatic rings. The van der Waals surface area contributed by atoms with Crippen molar-refractivity contribution in [2.24, 2.45) is 5.92 Å². The van der Waals surface area contributed by atoms with Gasteiger partial charge in [0.1, 0.15) is 36.1 Å². The highest BCUT2D eigenvalue weighted by Gasteiger charge is 2.55. The zero-order valence-electron chi connectivity index (χ0n) is 13.1. The molecule has 0 radical (unpaired) electrons. The highest BCUT2D eigenvalue weighted by Crippen LogP contribution is 2.43. The van der Waals surface area contributed by atoms with Gasteiger partial charge < -0.3 is 50.0 Å². The molecule has 1 saturated heterocycles. The van der Waals surface area contributed by atoms with E-state index >= 15 is 0 Å². The van der Waals surface area contributed by atoms with Gasteiger partial charge in [0, 0.05) is 0 Å². The van der Waals surface area contributed by atoms with E-state index in [1.165, 1.54) is 12.2 Å². The number of hydrogen-bond acceptors (Lipinski definition) is 10. The summed E-state index contributed by atoms with van der Waals surface area (Å²) in [6, 6.07) is 0. The zero-order valence-corrected chi connectivity index (χ0v) is 13.1. The van der Waals surface area contributed by atoms with E-state index in [2.05, 4.69) is 0 Å². The second kappa shape index (κ2) is 6.91. The highest BCUT2D eigenvalue weighted by molar-refractivity contribution is 5.33. The third-order valence-corrected chi connectivity index (χ3v) is 4.86. The molecule has 1 fully saturated rings. The van der Waals surface area contributed by atoms with Gasteiger partial charge in [-0.25, -0.2) is 0 Å². The molecule has 0 amide bonds. The fourth-order valence-electron chi connectivity index (χ4n) is 3.39. The molecule has 7 N–H and O–H groups in total. The molecule has 9 atom stereocenters. The Morgan fingerprint density at radius 2 is 1.76 bits per heavy atom. The van der Waals surface area contributed by atoms with Crippen LogP contribution in [0.1, 0.15) is 0 Å². The van der Waals surface area contributed by atoms with Crippen LogP contribution in [0.25, 0.3) is 0 Å². The third-order valence-electron chi connectivity index (χ3n) is 4.86. The van der Waals surface area contributed by atoms with Crippen LogP contribution in [0.15, 0.2) is 24.0 Å². The molecule has 0 saturated carbocycles. The lowest BCUT2D eigenvalue weighted by molar-refractivity contribution is -0.344. The van der Waals surface area contributed by atoms with Crippen LogP contribution >= 0.6 is 0 Å². The van der Waals surface area contributed by atoms with Crippen LogP contribution in [-0.4, -0.2) is 97.7 Å². The van der Waals surface area contributed by atoms with Crippen molar-refractivity contribution in [3.63, 3.8) is 0 Å². The van der Waals surface area contributed by atoms with Crippen molar-refractivity contribution < 1.29 is 50.0 Å². The second-order valence-corrected chi connectivity index (χ2v) is 6.35. The first-order valence-electron chi connectivity index (χ1n) is 7.84. The van der Waals surface area contributed by atoms with Crippen LogP contribution in [0.5, 0.6) is 0 Å². The van der Waals surface area contributed by atoms with E-state index < -0.39 is 67.8 Å². The molecule has 10 nitrogen and oxygen atoms in total. The molecule has 0 bridgehead atoms. The average Bonchev–Trinajstić information content (AvgIpc) is 2.87. The van der Waals surface area contributed by atoms with Crippen LogP contribution in [0.4, 0.5) is 0 Å². The first-order chi connectivity index (χ1) is 11.8. The molecule has 0 spiro atoms. The molecule has 3 rings (SSSR count). The Morgan fingerprint density at radius 3 is 2.40 bits per heavy atom. The van der Waals surface area contributed by atoms with E-state index in [0.29, 0.717) is 0 Å². The largest absolute Gasteiger partial charge is 0.472 e. The smallest absolute Gasteiger partial charge is 0.211 e. The van der Waals surface area contributed by atoms with E-state index in [-0.39, 0.29) is 5.57 Å². The normalized spacial score (nSPS) is 49.5. The van der Waals surface area contributed by atoms with Crippen LogP contribution < -0.4 is 0 Å². The SMILES string of the molecule is OCC1=C[C@H](O)[C@]2(O)C=CO[C@@H](O[C@@H]3O[C@H](CO)[C@@H](O)[C@H](O)[C@H]3O)[C@H]12. The minimum Gasteiger partial charge on any atom is -0.472 e. The lowest BCUT2D eigenvalue weighted by Gasteiger charge is -2.44. The van der Waals surface area contributed by atoms with E-state index in [4.69, 9.17) is 14.2 Å². The Bertz CT molecular complexity index is 548. The first-order valence-corrected chi connectivity index (χ1v) is 7.84. The van der Waals surface area contributed by atoms with Crippen molar-refractivity contribution in [1.29, 1.82) is 0 Å². The lowest BCUT2D eigenvalue weighted by Crippen LogP contribution is -2.61. The van der Waals surface area contributed by atoms with Gasteiger partial charge in [0.05, 0.1) is 25.4 Å². The quantitative estimate of drug-likeness (QED) is 0.247. The summed E-state index contributed by atoms with van der Waals surface area (Å²) < 4.78 is 16.0. The van der Waals surface area contributed by atoms with E-state index in [9.17, 15) is 35.7 Å². The zero-order chi connectivity index (χ0) is 18.4. The number of fused-ring (bicyclic) bond motifs is 1. The van der Waals surface area contributed by atoms with Gasteiger partial charge in [0.25, 0.3) is 0 Å². The van der Waals surface area contributed by atoms with Gasteiger partial charge in [-0.05, 0) is 11.6 Å². The van der Waals surface area contributed by atoms with Gasteiger partial charge in [-0.3, -0.25) is 0 Å². The summed E-state index contributed by atoms with van der Waals surface area (Å²) in [6.07, 6.45) is -6.37. The molecule has 10 heteroatoms. The molecular formula is C15H22O10. The van der Waals surface area contributed by atoms with Gasteiger partial charge >= 0.3 is 0 Å². The second-order valence-electron chi connectivity index (χ2n) is 6.35. The van der Waals surface area contributed by atoms with E-state index in [1.807, 2.05) is 0 Å². The summed E-state index contributed by atoms with van der Waals surface area (Å²) in [7, 11) is 0. The van der Waals surface area contributed by atoms with Gasteiger partial charge in [-0.2, -0.15) is 0 Å². The van der Waals surface area contributed by atoms with Gasteiger partial charge in [-0.15, -0.1) is 0 Å². The fraction of sp³-hybridized carbons (Fsp3) is 0.733. The maximum absolute atomic E-state index is 10.6. The Morgan fingerprint density at radius 1 is 1.04 bits per heavy atom. The predicted octanol–water partition coefficient (Wildman–Crippen LogP) is -3.69. The molecular weight excluding hydrogens is 340 g/mol. The summed E-state index contributed by atoms with van der Waals surface area (Å²) in [4.78, 5) is 0. The molecule has 25 heavy (non-hydrogen) atoms. The van der Waals surface area contributed by atoms with Crippen LogP contribution in [-0.2, 0) is 14.2 Å². The number of rotatable bonds is 4. The average molecular weight is 362 g/mol. The molecule has 0 unspecified atom stereocenters. The Hall–Kier alpha value is -1.08. The summed E-state index contributed by atoms with van der Waals surface area (Å²) in [6.45, 7) is -1.08. The summed E-state index contributed by atoms with van der Waals surface area (Å²) in [5, 5.41) is 69.0. The third kappa shape index (κ3) is 2.99. The minimum absolute atomic E-state index is 0.272. The molecule has 2 heterocycles. The van der Waals surface area contributed by atoms with Gasteiger partial charge in [0.2, 0.25) is 6.29 Å². The van der Waals surface area contributed by atoms with Crippen LogP contribution in [0.2, 0.25) is 0 Å². The predicted molar refractivity (Wildman–Crippen MR) is 78.5 cm³/mol. The van der Waals surface area contributed by atoms with Crippen LogP contribution in [0.3, 0.4) is 0 Å². The monoisotopic (exact) mass is 362 g/mol. The maximum Gasteiger partial charge on any atom is 0.211 e. The van der Waals surface area contributed by atoms with Crippen molar-refractivity contribution in [1.82, 2.24) is 0 Å². The highest BCUT2D eigenvalue weighted by atomic mass is 16.8. The fourth-order valence-corrected chi connectivity index (χ4v) is 3.39. The Labute approximate surface area is 142 Å². The molecule has 0 aromatic carbocycles. The number of ether oxygens (including phenoxy) is 3. The van der Waals surface area contributed by atoms with E-state index in [0.717, 1.165) is 6.26 Å². The summed E-state index contributed by atoms with van der Waals surface area (Å²) >= 11 is 0. The lowest BCUT2D eigenvalue weighted by atomic mass is 9.83. The maximum atomic E-state index is 10.6. The molecule has 0 aromatic heterocycles. The van der Waals surface area contributed by atoms with Gasteiger partial charge in [0.15, 0.2) is 6.29 Å². The molecule has 142 valence electrons. The summed E-state index contributed by atoms with van der Waals surface area (Å²) in [5.41, 5.74) is -1.50. The van der Waals surface area contributed by atoms with E-state index in [1.54, 1.807) is 0 Å². The van der Waals surface area contributed by atoms with Crippen molar-refractivity contribution in [2.45, 2.75) is 48.7 Å². The van der Waals surface area contributed by atoms with Crippen LogP contribution in [0, 0.1) is 5.92 Å². The van der Waals surface area contributed by atoms with Crippen molar-refractivity contribution in [3.05, 3.63) is 24.0 Å². The van der Waals surface area contributed by atoms with Gasteiger partial charge in [-0.1, -0.05) is 6.08 Å². The molecule has 3 aliphatic rings. The Balaban J connectivity index is 1.80. The number of aliphatic hydroxyl groups excluding tert-OH is 6.